The fourth-order valence-corrected chi connectivity index (χ4v) is 4.24. The number of hydrogen-bond acceptors (Lipinski definition) is 5. The molecular formula is C11H15ClN2O2S2. The van der Waals surface area contributed by atoms with Crippen LogP contribution < -0.4 is 4.90 Å². The lowest BCUT2D eigenvalue weighted by molar-refractivity contribution is 0.277. The Morgan fingerprint density at radius 2 is 2.17 bits per heavy atom. The number of sulfone groups is 1. The summed E-state index contributed by atoms with van der Waals surface area (Å²) in [5.74, 6) is 0.865. The van der Waals surface area contributed by atoms with Crippen molar-refractivity contribution in [2.45, 2.75) is 11.8 Å². The first-order valence-corrected chi connectivity index (χ1v) is 8.35. The number of anilines is 1. The first-order chi connectivity index (χ1) is 8.20. The summed E-state index contributed by atoms with van der Waals surface area (Å²) in [4.78, 5) is 6.88. The van der Waals surface area contributed by atoms with E-state index >= 15 is 0 Å². The Morgan fingerprint density at radius 1 is 1.56 bits per heavy atom. The summed E-state index contributed by atoms with van der Waals surface area (Å²) >= 11 is 10.4. The topological polar surface area (TPSA) is 50.3 Å². The third kappa shape index (κ3) is 2.92. The highest BCUT2D eigenvalue weighted by atomic mass is 35.5. The maximum absolute atomic E-state index is 11.3. The van der Waals surface area contributed by atoms with Gasteiger partial charge in [-0.15, -0.1) is 12.6 Å². The lowest BCUT2D eigenvalue weighted by Gasteiger charge is -2.48. The lowest BCUT2D eigenvalue weighted by atomic mass is 9.84. The Balaban J connectivity index is 2.11. The van der Waals surface area contributed by atoms with E-state index in [4.69, 9.17) is 11.6 Å². The van der Waals surface area contributed by atoms with Crippen molar-refractivity contribution in [3.63, 3.8) is 0 Å². The normalized spacial score (nSPS) is 18.6. The fourth-order valence-electron chi connectivity index (χ4n) is 2.39. The summed E-state index contributed by atoms with van der Waals surface area (Å²) < 4.78 is 22.7. The minimum absolute atomic E-state index is 0.189. The molecule has 7 heteroatoms. The molecule has 1 aliphatic heterocycles. The second-order valence-electron chi connectivity index (χ2n) is 5.20. The number of halogens is 1. The smallest absolute Gasteiger partial charge is 0.148 e. The Labute approximate surface area is 118 Å². The van der Waals surface area contributed by atoms with Crippen molar-refractivity contribution in [1.29, 1.82) is 0 Å². The van der Waals surface area contributed by atoms with E-state index in [-0.39, 0.29) is 11.2 Å². The third-order valence-electron chi connectivity index (χ3n) is 2.91. The van der Waals surface area contributed by atoms with Crippen LogP contribution in [0.2, 0.25) is 5.02 Å². The number of hydrogen-bond donors (Lipinski definition) is 1. The molecule has 100 valence electrons. The molecule has 0 aliphatic carbocycles. The van der Waals surface area contributed by atoms with E-state index in [0.717, 1.165) is 0 Å². The quantitative estimate of drug-likeness (QED) is 0.867. The molecule has 0 N–H and O–H groups in total. The van der Waals surface area contributed by atoms with Crippen LogP contribution in [0.25, 0.3) is 0 Å². The van der Waals surface area contributed by atoms with Gasteiger partial charge in [-0.25, -0.2) is 13.4 Å². The summed E-state index contributed by atoms with van der Waals surface area (Å²) in [6.45, 7) is 3.25. The van der Waals surface area contributed by atoms with Crippen molar-refractivity contribution >= 4 is 39.9 Å². The highest BCUT2D eigenvalue weighted by molar-refractivity contribution is 7.90. The summed E-state index contributed by atoms with van der Waals surface area (Å²) in [5.41, 5.74) is -0.217. The van der Waals surface area contributed by atoms with Crippen molar-refractivity contribution in [2.75, 3.05) is 30.0 Å². The first kappa shape index (κ1) is 14.0. The molecule has 0 amide bonds. The highest BCUT2D eigenvalue weighted by Crippen LogP contribution is 2.38. The predicted molar refractivity (Wildman–Crippen MR) is 76.5 cm³/mol. The van der Waals surface area contributed by atoms with Crippen molar-refractivity contribution in [2.24, 2.45) is 5.41 Å². The highest BCUT2D eigenvalue weighted by Gasteiger charge is 2.42. The van der Waals surface area contributed by atoms with Crippen LogP contribution in [-0.4, -0.2) is 38.5 Å². The van der Waals surface area contributed by atoms with Gasteiger partial charge in [0.15, 0.2) is 0 Å². The molecule has 0 atom stereocenters. The molecule has 0 bridgehead atoms. The number of thiol groups is 1. The first-order valence-electron chi connectivity index (χ1n) is 5.46. The Morgan fingerprint density at radius 3 is 2.72 bits per heavy atom. The van der Waals surface area contributed by atoms with E-state index in [1.54, 1.807) is 12.3 Å². The van der Waals surface area contributed by atoms with Crippen molar-refractivity contribution in [3.05, 3.63) is 17.3 Å². The lowest BCUT2D eigenvalue weighted by Crippen LogP contribution is -2.58. The molecular weight excluding hydrogens is 292 g/mol. The van der Waals surface area contributed by atoms with Crippen molar-refractivity contribution in [3.8, 4) is 0 Å². The van der Waals surface area contributed by atoms with Crippen molar-refractivity contribution < 1.29 is 8.42 Å². The average molecular weight is 307 g/mol. The maximum Gasteiger partial charge on any atom is 0.148 e. The SMILES string of the molecule is CC1(CS(C)(=O)=O)CN(c2nccc(S)c2Cl)C1. The largest absolute Gasteiger partial charge is 0.354 e. The van der Waals surface area contributed by atoms with Crippen LogP contribution in [0.3, 0.4) is 0 Å². The van der Waals surface area contributed by atoms with E-state index in [1.807, 2.05) is 11.8 Å². The van der Waals surface area contributed by atoms with Crippen LogP contribution in [0.4, 0.5) is 5.82 Å². The van der Waals surface area contributed by atoms with E-state index in [1.165, 1.54) is 6.26 Å². The van der Waals surface area contributed by atoms with E-state index in [9.17, 15) is 8.42 Å². The summed E-state index contributed by atoms with van der Waals surface area (Å²) in [5, 5.41) is 0.516. The Kier molecular flexibility index (Phi) is 3.55. The van der Waals surface area contributed by atoms with Crippen LogP contribution in [0, 0.1) is 5.41 Å². The van der Waals surface area contributed by atoms with Crippen LogP contribution in [0.15, 0.2) is 17.2 Å². The van der Waals surface area contributed by atoms with Gasteiger partial charge in [0.25, 0.3) is 0 Å². The molecule has 1 aliphatic rings. The molecule has 0 unspecified atom stereocenters. The van der Waals surface area contributed by atoms with Gasteiger partial charge in [0.05, 0.1) is 10.8 Å². The van der Waals surface area contributed by atoms with Crippen LogP contribution in [0.5, 0.6) is 0 Å². The Bertz CT molecular complexity index is 568. The number of pyridine rings is 1. The van der Waals surface area contributed by atoms with Gasteiger partial charge < -0.3 is 4.90 Å². The molecule has 1 saturated heterocycles. The second kappa shape index (κ2) is 4.58. The third-order valence-corrected chi connectivity index (χ3v) is 5.00. The fraction of sp³-hybridized carbons (Fsp3) is 0.545. The van der Waals surface area contributed by atoms with Gasteiger partial charge in [0.2, 0.25) is 0 Å². The van der Waals surface area contributed by atoms with Gasteiger partial charge in [-0.1, -0.05) is 18.5 Å². The molecule has 4 nitrogen and oxygen atoms in total. The second-order valence-corrected chi connectivity index (χ2v) is 8.20. The average Bonchev–Trinajstić information content (AvgIpc) is 2.16. The zero-order valence-electron chi connectivity index (χ0n) is 10.2. The van der Waals surface area contributed by atoms with Gasteiger partial charge in [-0.2, -0.15) is 0 Å². The molecule has 1 fully saturated rings. The molecule has 1 aromatic rings. The van der Waals surface area contributed by atoms with Gasteiger partial charge in [-0.3, -0.25) is 0 Å². The standard InChI is InChI=1S/C11H15ClN2O2S2/c1-11(7-18(2,15)16)5-14(6-11)10-9(12)8(17)3-4-13-10/h3-4H,5-7H2,1-2H3,(H,13,17). The zero-order chi connectivity index (χ0) is 13.6. The predicted octanol–water partition coefficient (Wildman–Crippen LogP) is 1.89. The Hall–Kier alpha value is -0.460. The van der Waals surface area contributed by atoms with Gasteiger partial charge in [0, 0.05) is 35.9 Å². The molecule has 2 rings (SSSR count). The minimum atomic E-state index is -2.96. The van der Waals surface area contributed by atoms with E-state index in [2.05, 4.69) is 17.6 Å². The van der Waals surface area contributed by atoms with Crippen LogP contribution >= 0.6 is 24.2 Å². The number of aromatic nitrogens is 1. The molecule has 0 saturated carbocycles. The minimum Gasteiger partial charge on any atom is -0.354 e. The van der Waals surface area contributed by atoms with Crippen molar-refractivity contribution in [1.82, 2.24) is 4.98 Å². The summed E-state index contributed by atoms with van der Waals surface area (Å²) in [6, 6.07) is 1.73. The van der Waals surface area contributed by atoms with Crippen LogP contribution in [0.1, 0.15) is 6.92 Å². The summed E-state index contributed by atoms with van der Waals surface area (Å²) in [6.07, 6.45) is 2.91. The molecule has 18 heavy (non-hydrogen) atoms. The maximum atomic E-state index is 11.3. The molecule has 0 aromatic carbocycles. The van der Waals surface area contributed by atoms with Gasteiger partial charge in [-0.05, 0) is 6.07 Å². The summed E-state index contributed by atoms with van der Waals surface area (Å²) in [7, 11) is -2.96. The zero-order valence-corrected chi connectivity index (χ0v) is 12.7. The number of nitrogens with zero attached hydrogens (tertiary/aromatic N) is 2. The van der Waals surface area contributed by atoms with Gasteiger partial charge >= 0.3 is 0 Å². The van der Waals surface area contributed by atoms with E-state index in [0.29, 0.717) is 28.8 Å². The molecule has 1 aromatic heterocycles. The monoisotopic (exact) mass is 306 g/mol. The molecule has 0 radical (unpaired) electrons. The molecule has 0 spiro atoms. The van der Waals surface area contributed by atoms with Gasteiger partial charge in [0.1, 0.15) is 15.7 Å². The number of rotatable bonds is 3. The molecule has 2 heterocycles. The van der Waals surface area contributed by atoms with E-state index < -0.39 is 9.84 Å². The van der Waals surface area contributed by atoms with Crippen LogP contribution in [-0.2, 0) is 9.84 Å².